The molecule has 144 valence electrons. The summed E-state index contributed by atoms with van der Waals surface area (Å²) >= 11 is 0. The van der Waals surface area contributed by atoms with E-state index in [2.05, 4.69) is 5.32 Å². The largest absolute Gasteiger partial charge is 0.493 e. The molecule has 0 saturated carbocycles. The predicted molar refractivity (Wildman–Crippen MR) is 108 cm³/mol. The Morgan fingerprint density at radius 2 is 1.86 bits per heavy atom. The molecule has 1 N–H and O–H groups in total. The smallest absolute Gasteiger partial charge is 0.287 e. The Labute approximate surface area is 162 Å². The Morgan fingerprint density at radius 1 is 1.07 bits per heavy atom. The number of carbonyl (C=O) groups is 1. The van der Waals surface area contributed by atoms with Gasteiger partial charge in [-0.1, -0.05) is 30.3 Å². The molecule has 0 aliphatic heterocycles. The molecule has 0 bridgehead atoms. The second kappa shape index (κ2) is 7.40. The molecule has 0 saturated heterocycles. The highest BCUT2D eigenvalue weighted by atomic mass is 16.5. The number of methoxy groups -OCH3 is 1. The zero-order valence-electron chi connectivity index (χ0n) is 16.1. The average molecular weight is 378 g/mol. The van der Waals surface area contributed by atoms with E-state index in [1.807, 2.05) is 61.5 Å². The lowest BCUT2D eigenvalue weighted by Gasteiger charge is -2.22. The summed E-state index contributed by atoms with van der Waals surface area (Å²) in [6.45, 7) is 0.389. The fourth-order valence-electron chi connectivity index (χ4n) is 3.29. The maximum atomic E-state index is 12.6. The fourth-order valence-corrected chi connectivity index (χ4v) is 3.29. The van der Waals surface area contributed by atoms with Gasteiger partial charge in [0.25, 0.3) is 5.91 Å². The van der Waals surface area contributed by atoms with Crippen LogP contribution in [0.1, 0.15) is 22.4 Å². The number of carbonyl (C=O) groups excluding carboxylic acids is 1. The first kappa shape index (κ1) is 18.1. The van der Waals surface area contributed by atoms with Gasteiger partial charge in [-0.05, 0) is 38.4 Å². The number of benzene rings is 2. The minimum Gasteiger partial charge on any atom is -0.493 e. The molecule has 2 aromatic heterocycles. The molecule has 6 nitrogen and oxygen atoms in total. The number of fused-ring (bicyclic) bond motifs is 2. The number of nitrogens with one attached hydrogen (secondary N) is 1. The molecule has 0 aliphatic rings. The Bertz CT molecular complexity index is 1090. The highest BCUT2D eigenvalue weighted by molar-refractivity contribution is 5.97. The van der Waals surface area contributed by atoms with Gasteiger partial charge in [-0.15, -0.1) is 0 Å². The summed E-state index contributed by atoms with van der Waals surface area (Å²) in [5, 5.41) is 4.81. The number of amides is 1. The molecule has 1 unspecified atom stereocenters. The van der Waals surface area contributed by atoms with Crippen LogP contribution in [0.2, 0.25) is 0 Å². The van der Waals surface area contributed by atoms with Crippen LogP contribution in [-0.4, -0.2) is 38.6 Å². The van der Waals surface area contributed by atoms with E-state index in [-0.39, 0.29) is 17.7 Å². The molecule has 0 aliphatic carbocycles. The van der Waals surface area contributed by atoms with Crippen LogP contribution in [0.4, 0.5) is 0 Å². The second-order valence-corrected chi connectivity index (χ2v) is 6.87. The van der Waals surface area contributed by atoms with Crippen LogP contribution in [0.5, 0.6) is 5.75 Å². The number of rotatable bonds is 6. The van der Waals surface area contributed by atoms with Gasteiger partial charge in [0.2, 0.25) is 0 Å². The van der Waals surface area contributed by atoms with E-state index < -0.39 is 0 Å². The summed E-state index contributed by atoms with van der Waals surface area (Å²) in [4.78, 5) is 14.7. The minimum absolute atomic E-state index is 0.102. The molecule has 2 aromatic carbocycles. The van der Waals surface area contributed by atoms with Crippen molar-refractivity contribution < 1.29 is 18.4 Å². The van der Waals surface area contributed by atoms with Crippen molar-refractivity contribution in [3.63, 3.8) is 0 Å². The van der Waals surface area contributed by atoms with E-state index in [0.717, 1.165) is 22.1 Å². The first-order chi connectivity index (χ1) is 13.6. The number of hydrogen-bond acceptors (Lipinski definition) is 5. The topological polar surface area (TPSA) is 67.8 Å². The number of ether oxygens (including phenoxy) is 1. The lowest BCUT2D eigenvalue weighted by Crippen LogP contribution is -2.34. The van der Waals surface area contributed by atoms with Gasteiger partial charge in [-0.3, -0.25) is 9.69 Å². The monoisotopic (exact) mass is 378 g/mol. The lowest BCUT2D eigenvalue weighted by atomic mass is 10.1. The Morgan fingerprint density at radius 3 is 2.61 bits per heavy atom. The van der Waals surface area contributed by atoms with Gasteiger partial charge in [0, 0.05) is 17.3 Å². The van der Waals surface area contributed by atoms with Crippen molar-refractivity contribution in [3.8, 4) is 5.75 Å². The van der Waals surface area contributed by atoms with Crippen LogP contribution in [0, 0.1) is 0 Å². The standard InChI is InChI=1S/C22H22N2O4/c1-24(2)16(19-11-14-7-4-5-9-17(14)27-19)13-23-22(25)20-12-15-8-6-10-18(26-3)21(15)28-20/h4-12,16H,13H2,1-3H3,(H,23,25). The first-order valence-electron chi connectivity index (χ1n) is 9.06. The number of likely N-dealkylation sites (N-methyl/N-ethyl adjacent to an activating group) is 1. The molecule has 6 heteroatoms. The van der Waals surface area contributed by atoms with Crippen molar-refractivity contribution in [2.75, 3.05) is 27.7 Å². The molecule has 1 atom stereocenters. The van der Waals surface area contributed by atoms with Gasteiger partial charge in [0.1, 0.15) is 11.3 Å². The van der Waals surface area contributed by atoms with Crippen molar-refractivity contribution in [2.24, 2.45) is 0 Å². The molecule has 0 fully saturated rings. The second-order valence-electron chi connectivity index (χ2n) is 6.87. The van der Waals surface area contributed by atoms with Gasteiger partial charge in [-0.25, -0.2) is 0 Å². The van der Waals surface area contributed by atoms with Gasteiger partial charge >= 0.3 is 0 Å². The van der Waals surface area contributed by atoms with Gasteiger partial charge in [0.05, 0.1) is 13.2 Å². The van der Waals surface area contributed by atoms with Crippen molar-refractivity contribution in [1.82, 2.24) is 10.2 Å². The maximum Gasteiger partial charge on any atom is 0.287 e. The molecule has 2 heterocycles. The van der Waals surface area contributed by atoms with E-state index >= 15 is 0 Å². The van der Waals surface area contributed by atoms with Crippen LogP contribution in [0.15, 0.2) is 63.4 Å². The van der Waals surface area contributed by atoms with Crippen molar-refractivity contribution in [1.29, 1.82) is 0 Å². The molecular formula is C22H22N2O4. The maximum absolute atomic E-state index is 12.6. The minimum atomic E-state index is -0.277. The summed E-state index contributed by atoms with van der Waals surface area (Å²) in [5.74, 6) is 1.38. The third-order valence-electron chi connectivity index (χ3n) is 4.80. The first-order valence-corrected chi connectivity index (χ1v) is 9.06. The summed E-state index contributed by atoms with van der Waals surface area (Å²) in [6.07, 6.45) is 0. The van der Waals surface area contributed by atoms with Crippen molar-refractivity contribution in [3.05, 3.63) is 66.1 Å². The van der Waals surface area contributed by atoms with Crippen LogP contribution < -0.4 is 10.1 Å². The number of nitrogens with zero attached hydrogens (tertiary/aromatic N) is 1. The van der Waals surface area contributed by atoms with Crippen LogP contribution in [0.3, 0.4) is 0 Å². The van der Waals surface area contributed by atoms with Gasteiger partial charge in [0.15, 0.2) is 17.1 Å². The highest BCUT2D eigenvalue weighted by Gasteiger charge is 2.21. The summed E-state index contributed by atoms with van der Waals surface area (Å²) < 4.78 is 17.0. The quantitative estimate of drug-likeness (QED) is 0.544. The number of para-hydroxylation sites is 2. The Kier molecular flexibility index (Phi) is 4.79. The zero-order valence-corrected chi connectivity index (χ0v) is 16.1. The van der Waals surface area contributed by atoms with E-state index in [0.29, 0.717) is 17.9 Å². The summed E-state index contributed by atoms with van der Waals surface area (Å²) in [6, 6.07) is 17.0. The number of furan rings is 2. The SMILES string of the molecule is COc1cccc2cc(C(=O)NCC(c3cc4ccccc4o3)N(C)C)oc12. The van der Waals surface area contributed by atoms with E-state index in [1.165, 1.54) is 0 Å². The van der Waals surface area contributed by atoms with Crippen molar-refractivity contribution in [2.45, 2.75) is 6.04 Å². The predicted octanol–water partition coefficient (Wildman–Crippen LogP) is 4.22. The average Bonchev–Trinajstić information content (AvgIpc) is 3.31. The third-order valence-corrected chi connectivity index (χ3v) is 4.80. The Hall–Kier alpha value is -3.25. The van der Waals surface area contributed by atoms with Crippen LogP contribution in [0.25, 0.3) is 21.9 Å². The Balaban J connectivity index is 1.53. The summed E-state index contributed by atoms with van der Waals surface area (Å²) in [7, 11) is 5.48. The lowest BCUT2D eigenvalue weighted by molar-refractivity contribution is 0.0913. The van der Waals surface area contributed by atoms with E-state index in [4.69, 9.17) is 13.6 Å². The molecule has 4 rings (SSSR count). The molecule has 28 heavy (non-hydrogen) atoms. The summed E-state index contributed by atoms with van der Waals surface area (Å²) in [5.41, 5.74) is 1.40. The van der Waals surface area contributed by atoms with Gasteiger partial charge < -0.3 is 18.9 Å². The normalized spacial score (nSPS) is 12.6. The highest BCUT2D eigenvalue weighted by Crippen LogP contribution is 2.29. The molecule has 4 aromatic rings. The van der Waals surface area contributed by atoms with Crippen LogP contribution in [-0.2, 0) is 0 Å². The van der Waals surface area contributed by atoms with E-state index in [9.17, 15) is 4.79 Å². The number of hydrogen-bond donors (Lipinski definition) is 1. The third kappa shape index (κ3) is 3.34. The van der Waals surface area contributed by atoms with Crippen molar-refractivity contribution >= 4 is 27.8 Å². The molecule has 0 spiro atoms. The molecule has 0 radical (unpaired) electrons. The fraction of sp³-hybridized carbons (Fsp3) is 0.227. The molecule has 1 amide bonds. The molecular weight excluding hydrogens is 356 g/mol. The van der Waals surface area contributed by atoms with E-state index in [1.54, 1.807) is 19.2 Å². The zero-order chi connectivity index (χ0) is 19.7. The van der Waals surface area contributed by atoms with Gasteiger partial charge in [-0.2, -0.15) is 0 Å². The van der Waals surface area contributed by atoms with Crippen LogP contribution >= 0.6 is 0 Å².